The largest absolute Gasteiger partial charge is 0.388 e. The number of nitrogens with one attached hydrogen (secondary N) is 1. The van der Waals surface area contributed by atoms with Gasteiger partial charge in [0.2, 0.25) is 0 Å². The van der Waals surface area contributed by atoms with Crippen LogP contribution in [0.5, 0.6) is 0 Å². The van der Waals surface area contributed by atoms with Crippen LogP contribution >= 0.6 is 0 Å². The summed E-state index contributed by atoms with van der Waals surface area (Å²) in [7, 11) is 0. The van der Waals surface area contributed by atoms with Gasteiger partial charge in [0.1, 0.15) is 0 Å². The number of aryl methyl sites for hydroxylation is 1. The van der Waals surface area contributed by atoms with Gasteiger partial charge in [-0.15, -0.1) is 0 Å². The highest BCUT2D eigenvalue weighted by molar-refractivity contribution is 5.49. The molecule has 4 rings (SSSR count). The van der Waals surface area contributed by atoms with Crippen molar-refractivity contribution in [2.75, 3.05) is 37.6 Å². The number of hydrogen-bond donors (Lipinski definition) is 1. The molecule has 3 heteroatoms. The molecule has 0 bridgehead atoms. The third kappa shape index (κ3) is 5.22. The Morgan fingerprint density at radius 3 is 2.83 bits per heavy atom. The quantitative estimate of drug-likeness (QED) is 0.689. The van der Waals surface area contributed by atoms with Crippen LogP contribution in [-0.4, -0.2) is 37.6 Å². The van der Waals surface area contributed by atoms with Gasteiger partial charge in [-0.3, -0.25) is 4.90 Å². The lowest BCUT2D eigenvalue weighted by Gasteiger charge is -2.36. The van der Waals surface area contributed by atoms with Crippen LogP contribution in [-0.2, 0) is 13.0 Å². The molecule has 0 aliphatic carbocycles. The van der Waals surface area contributed by atoms with E-state index in [0.29, 0.717) is 5.92 Å². The molecule has 0 saturated carbocycles. The van der Waals surface area contributed by atoms with E-state index in [1.807, 2.05) is 0 Å². The van der Waals surface area contributed by atoms with Crippen LogP contribution < -0.4 is 10.2 Å². The second kappa shape index (κ2) is 9.49. The molecule has 0 radical (unpaired) electrons. The van der Waals surface area contributed by atoms with Gasteiger partial charge in [0, 0.05) is 56.6 Å². The Morgan fingerprint density at radius 2 is 1.97 bits per heavy atom. The highest BCUT2D eigenvalue weighted by atomic mass is 15.1. The van der Waals surface area contributed by atoms with Crippen molar-refractivity contribution in [2.45, 2.75) is 39.2 Å². The van der Waals surface area contributed by atoms with Crippen molar-refractivity contribution < 1.29 is 0 Å². The Hall–Kier alpha value is -2.26. The zero-order chi connectivity index (χ0) is 20.1. The predicted molar refractivity (Wildman–Crippen MR) is 123 cm³/mol. The van der Waals surface area contributed by atoms with Crippen LogP contribution in [0.2, 0.25) is 0 Å². The molecular weight excluding hydrogens is 354 g/mol. The van der Waals surface area contributed by atoms with Gasteiger partial charge in [0.05, 0.1) is 0 Å². The number of anilines is 1. The lowest BCUT2D eigenvalue weighted by Crippen LogP contribution is -2.39. The molecule has 1 saturated heterocycles. The number of rotatable bonds is 7. The van der Waals surface area contributed by atoms with E-state index in [4.69, 9.17) is 0 Å². The Bertz CT molecular complexity index is 828. The van der Waals surface area contributed by atoms with Crippen molar-refractivity contribution in [1.29, 1.82) is 0 Å². The lowest BCUT2D eigenvalue weighted by atomic mass is 9.94. The van der Waals surface area contributed by atoms with Crippen molar-refractivity contribution >= 4 is 5.69 Å². The predicted octanol–water partition coefficient (Wildman–Crippen LogP) is 4.76. The first kappa shape index (κ1) is 20.0. The third-order valence-corrected chi connectivity index (χ3v) is 6.49. The molecule has 1 N–H and O–H groups in total. The molecule has 1 unspecified atom stereocenters. The summed E-state index contributed by atoms with van der Waals surface area (Å²) in [5.41, 5.74) is 6.96. The topological polar surface area (TPSA) is 18.5 Å². The average Bonchev–Trinajstić information content (AvgIpc) is 2.76. The van der Waals surface area contributed by atoms with Crippen molar-refractivity contribution in [2.24, 2.45) is 5.92 Å². The lowest BCUT2D eigenvalue weighted by molar-refractivity contribution is 0.250. The summed E-state index contributed by atoms with van der Waals surface area (Å²) in [4.78, 5) is 5.12. The van der Waals surface area contributed by atoms with Gasteiger partial charge >= 0.3 is 0 Å². The van der Waals surface area contributed by atoms with Crippen LogP contribution in [0.25, 0.3) is 0 Å². The van der Waals surface area contributed by atoms with E-state index in [2.05, 4.69) is 77.2 Å². The molecule has 0 aromatic heterocycles. The van der Waals surface area contributed by atoms with Gasteiger partial charge in [-0.05, 0) is 61.4 Å². The zero-order valence-electron chi connectivity index (χ0n) is 17.9. The number of hydrogen-bond acceptors (Lipinski definition) is 3. The molecule has 154 valence electrons. The van der Waals surface area contributed by atoms with E-state index in [0.717, 1.165) is 32.7 Å². The minimum absolute atomic E-state index is 0.547. The third-order valence-electron chi connectivity index (χ3n) is 6.49. The van der Waals surface area contributed by atoms with E-state index >= 15 is 0 Å². The minimum atomic E-state index is 0.547. The molecular formula is C26H35N3. The molecule has 2 aromatic carbocycles. The zero-order valence-corrected chi connectivity index (χ0v) is 17.9. The summed E-state index contributed by atoms with van der Waals surface area (Å²) >= 11 is 0. The van der Waals surface area contributed by atoms with Crippen LogP contribution in [0.4, 0.5) is 5.69 Å². The summed E-state index contributed by atoms with van der Waals surface area (Å²) in [5.74, 6) is 0.547. The molecule has 1 atom stereocenters. The Balaban J connectivity index is 1.20. The van der Waals surface area contributed by atoms with Crippen LogP contribution in [0, 0.1) is 12.8 Å². The number of piperidine rings is 1. The summed E-state index contributed by atoms with van der Waals surface area (Å²) in [6.45, 7) is 13.3. The molecule has 0 amide bonds. The maximum Gasteiger partial charge on any atom is 0.0369 e. The fourth-order valence-corrected chi connectivity index (χ4v) is 4.76. The van der Waals surface area contributed by atoms with Crippen molar-refractivity contribution in [1.82, 2.24) is 10.2 Å². The fourth-order valence-electron chi connectivity index (χ4n) is 4.76. The van der Waals surface area contributed by atoms with Gasteiger partial charge in [-0.1, -0.05) is 43.0 Å². The molecule has 3 nitrogen and oxygen atoms in total. The van der Waals surface area contributed by atoms with E-state index in [9.17, 15) is 0 Å². The molecule has 2 aliphatic heterocycles. The van der Waals surface area contributed by atoms with Gasteiger partial charge in [-0.25, -0.2) is 0 Å². The molecule has 29 heavy (non-hydrogen) atoms. The minimum Gasteiger partial charge on any atom is -0.388 e. The van der Waals surface area contributed by atoms with Gasteiger partial charge in [0.15, 0.2) is 0 Å². The van der Waals surface area contributed by atoms with E-state index in [1.165, 1.54) is 60.3 Å². The second-order valence-corrected chi connectivity index (χ2v) is 8.72. The van der Waals surface area contributed by atoms with Crippen molar-refractivity contribution in [3.05, 3.63) is 77.5 Å². The second-order valence-electron chi connectivity index (χ2n) is 8.72. The molecule has 1 fully saturated rings. The maximum absolute atomic E-state index is 4.39. The van der Waals surface area contributed by atoms with E-state index < -0.39 is 0 Å². The summed E-state index contributed by atoms with van der Waals surface area (Å²) < 4.78 is 0. The van der Waals surface area contributed by atoms with Gasteiger partial charge < -0.3 is 10.2 Å². The van der Waals surface area contributed by atoms with E-state index in [-0.39, 0.29) is 0 Å². The van der Waals surface area contributed by atoms with Crippen LogP contribution in [0.1, 0.15) is 36.0 Å². The van der Waals surface area contributed by atoms with Crippen LogP contribution in [0.3, 0.4) is 0 Å². The highest BCUT2D eigenvalue weighted by Gasteiger charge is 2.22. The monoisotopic (exact) mass is 389 g/mol. The summed E-state index contributed by atoms with van der Waals surface area (Å²) in [6, 6.07) is 17.8. The molecule has 2 aliphatic rings. The Labute approximate surface area is 176 Å². The highest BCUT2D eigenvalue weighted by Crippen LogP contribution is 2.26. The first-order chi connectivity index (χ1) is 14.2. The fraction of sp³-hybridized carbons (Fsp3) is 0.462. The number of nitrogens with zero attached hydrogens (tertiary/aromatic N) is 2. The number of fused-ring (bicyclic) bond motifs is 1. The van der Waals surface area contributed by atoms with Gasteiger partial charge in [0.25, 0.3) is 0 Å². The molecule has 2 aromatic rings. The summed E-state index contributed by atoms with van der Waals surface area (Å²) in [5, 5.41) is 3.65. The van der Waals surface area contributed by atoms with Gasteiger partial charge in [-0.2, -0.15) is 0 Å². The Kier molecular flexibility index (Phi) is 6.56. The first-order valence-electron chi connectivity index (χ1n) is 11.2. The maximum atomic E-state index is 4.39. The first-order valence-corrected chi connectivity index (χ1v) is 11.2. The Morgan fingerprint density at radius 1 is 1.10 bits per heavy atom. The molecule has 0 spiro atoms. The van der Waals surface area contributed by atoms with Crippen molar-refractivity contribution in [3.8, 4) is 0 Å². The number of benzene rings is 2. The van der Waals surface area contributed by atoms with E-state index in [1.54, 1.807) is 0 Å². The molecule has 2 heterocycles. The SMILES string of the molecule is C=C(NCCCN1CCc2ccccc2C1)C1CCCN(c2cccc(C)c2)C1. The average molecular weight is 390 g/mol. The van der Waals surface area contributed by atoms with Crippen LogP contribution in [0.15, 0.2) is 60.8 Å². The smallest absolute Gasteiger partial charge is 0.0369 e. The standard InChI is InChI=1S/C26H35N3/c1-21-8-5-12-26(18-21)29-16-6-11-24(20-29)22(2)27-14-7-15-28-17-13-23-9-3-4-10-25(23)19-28/h3-5,8-10,12,18,24,27H,2,6-7,11,13-17,19-20H2,1H3. The van der Waals surface area contributed by atoms with Crippen molar-refractivity contribution in [3.63, 3.8) is 0 Å². The normalized spacial score (nSPS) is 19.6. The summed E-state index contributed by atoms with van der Waals surface area (Å²) in [6.07, 6.45) is 4.85.